The van der Waals surface area contributed by atoms with Gasteiger partial charge in [0.05, 0.1) is 32.3 Å². The zero-order chi connectivity index (χ0) is 15.7. The summed E-state index contributed by atoms with van der Waals surface area (Å²) in [6.45, 7) is 6.39. The number of ether oxygens (including phenoxy) is 3. The van der Waals surface area contributed by atoms with Crippen LogP contribution in [0.4, 0.5) is 0 Å². The summed E-state index contributed by atoms with van der Waals surface area (Å²) in [4.78, 5) is 25.7. The quantitative estimate of drug-likeness (QED) is 0.587. The van der Waals surface area contributed by atoms with Gasteiger partial charge in [-0.2, -0.15) is 0 Å². The monoisotopic (exact) mass is 302 g/mol. The van der Waals surface area contributed by atoms with Crippen molar-refractivity contribution in [3.05, 3.63) is 0 Å². The predicted molar refractivity (Wildman–Crippen MR) is 76.9 cm³/mol. The van der Waals surface area contributed by atoms with Crippen LogP contribution in [-0.4, -0.2) is 76.0 Å². The molecule has 0 bridgehead atoms. The Hall–Kier alpha value is -1.18. The molecule has 1 amide bonds. The van der Waals surface area contributed by atoms with Crippen LogP contribution in [0.15, 0.2) is 0 Å². The number of esters is 1. The number of nitrogens with zero attached hydrogens (tertiary/aromatic N) is 1. The molecule has 0 aromatic heterocycles. The van der Waals surface area contributed by atoms with Crippen molar-refractivity contribution in [1.29, 1.82) is 0 Å². The van der Waals surface area contributed by atoms with Crippen LogP contribution < -0.4 is 5.32 Å². The lowest BCUT2D eigenvalue weighted by Gasteiger charge is -2.26. The largest absolute Gasteiger partial charge is 0.465 e. The second-order valence-corrected chi connectivity index (χ2v) is 4.87. The van der Waals surface area contributed by atoms with Gasteiger partial charge >= 0.3 is 5.97 Å². The third kappa shape index (κ3) is 5.61. The van der Waals surface area contributed by atoms with E-state index in [1.807, 2.05) is 6.92 Å². The molecule has 1 aliphatic heterocycles. The van der Waals surface area contributed by atoms with Gasteiger partial charge in [0.25, 0.3) is 0 Å². The van der Waals surface area contributed by atoms with E-state index >= 15 is 0 Å². The number of methoxy groups -OCH3 is 1. The van der Waals surface area contributed by atoms with Gasteiger partial charge in [0.15, 0.2) is 0 Å². The van der Waals surface area contributed by atoms with E-state index in [4.69, 9.17) is 14.2 Å². The molecule has 1 saturated heterocycles. The number of carbonyl (C=O) groups excluding carboxylic acids is 2. The highest BCUT2D eigenvalue weighted by molar-refractivity contribution is 5.84. The maximum atomic E-state index is 12.6. The highest BCUT2D eigenvalue weighted by atomic mass is 16.5. The van der Waals surface area contributed by atoms with E-state index in [0.717, 1.165) is 6.54 Å². The highest BCUT2D eigenvalue weighted by Crippen LogP contribution is 2.17. The number of hydrogen-bond donors (Lipinski definition) is 1. The number of rotatable bonds is 9. The summed E-state index contributed by atoms with van der Waals surface area (Å²) in [6, 6.07) is -0.00487. The molecule has 0 spiro atoms. The average Bonchev–Trinajstić information content (AvgIpc) is 2.91. The van der Waals surface area contributed by atoms with Crippen molar-refractivity contribution in [2.75, 3.05) is 53.2 Å². The Morgan fingerprint density at radius 1 is 1.33 bits per heavy atom. The Bertz CT molecular complexity index is 337. The molecule has 0 radical (unpaired) electrons. The lowest BCUT2D eigenvalue weighted by atomic mass is 10.0. The molecule has 1 heterocycles. The van der Waals surface area contributed by atoms with Gasteiger partial charge in [0.2, 0.25) is 5.91 Å². The molecule has 0 aromatic carbocycles. The van der Waals surface area contributed by atoms with E-state index in [2.05, 4.69) is 5.32 Å². The number of carbonyl (C=O) groups is 2. The molecule has 1 fully saturated rings. The van der Waals surface area contributed by atoms with Gasteiger partial charge in [-0.05, 0) is 13.5 Å². The molecular formula is C14H26N2O5. The smallest absolute Gasteiger partial charge is 0.325 e. The highest BCUT2D eigenvalue weighted by Gasteiger charge is 2.36. The topological polar surface area (TPSA) is 77.1 Å². The zero-order valence-electron chi connectivity index (χ0n) is 13.1. The predicted octanol–water partition coefficient (Wildman–Crippen LogP) is -0.351. The van der Waals surface area contributed by atoms with Crippen LogP contribution in [0.1, 0.15) is 13.8 Å². The molecule has 1 rings (SSSR count). The van der Waals surface area contributed by atoms with Gasteiger partial charge in [-0.25, -0.2) is 0 Å². The Labute approximate surface area is 125 Å². The maximum absolute atomic E-state index is 12.6. The van der Waals surface area contributed by atoms with E-state index in [0.29, 0.717) is 33.0 Å². The van der Waals surface area contributed by atoms with E-state index < -0.39 is 5.97 Å². The van der Waals surface area contributed by atoms with Gasteiger partial charge in [0, 0.05) is 19.7 Å². The number of likely N-dealkylation sites (N-methyl/N-ethyl adjacent to an activating group) is 1. The van der Waals surface area contributed by atoms with Crippen molar-refractivity contribution in [2.45, 2.75) is 19.9 Å². The molecule has 122 valence electrons. The Morgan fingerprint density at radius 3 is 2.71 bits per heavy atom. The summed E-state index contributed by atoms with van der Waals surface area (Å²) < 4.78 is 15.3. The van der Waals surface area contributed by atoms with Crippen LogP contribution in [0.2, 0.25) is 0 Å². The minimum absolute atomic E-state index is 0.00487. The number of hydrogen-bond acceptors (Lipinski definition) is 6. The standard InChI is InChI=1S/C14H26N2O5/c1-4-15-12-10-20-9-11(12)14(18)16(6-7-19-3)8-13(17)21-5-2/h11-12,15H,4-10H2,1-3H3. The molecule has 7 nitrogen and oxygen atoms in total. The molecule has 7 heteroatoms. The van der Waals surface area contributed by atoms with Gasteiger partial charge in [-0.15, -0.1) is 0 Å². The zero-order valence-corrected chi connectivity index (χ0v) is 13.1. The van der Waals surface area contributed by atoms with Crippen molar-refractivity contribution >= 4 is 11.9 Å². The van der Waals surface area contributed by atoms with Crippen molar-refractivity contribution < 1.29 is 23.8 Å². The molecule has 0 aliphatic carbocycles. The third-order valence-corrected chi connectivity index (χ3v) is 3.37. The first-order valence-corrected chi connectivity index (χ1v) is 7.38. The summed E-state index contributed by atoms with van der Waals surface area (Å²) in [5.74, 6) is -0.763. The molecule has 21 heavy (non-hydrogen) atoms. The van der Waals surface area contributed by atoms with Crippen LogP contribution in [-0.2, 0) is 23.8 Å². The lowest BCUT2D eigenvalue weighted by Crippen LogP contribution is -2.48. The van der Waals surface area contributed by atoms with Crippen molar-refractivity contribution in [3.63, 3.8) is 0 Å². The second-order valence-electron chi connectivity index (χ2n) is 4.87. The molecule has 2 atom stereocenters. The van der Waals surface area contributed by atoms with Gasteiger partial charge in [0.1, 0.15) is 6.54 Å². The van der Waals surface area contributed by atoms with E-state index in [1.54, 1.807) is 14.0 Å². The van der Waals surface area contributed by atoms with E-state index in [9.17, 15) is 9.59 Å². The second kappa shape index (κ2) is 9.70. The normalized spacial score (nSPS) is 21.3. The Kier molecular flexibility index (Phi) is 8.26. The maximum Gasteiger partial charge on any atom is 0.325 e. The molecule has 0 saturated carbocycles. The lowest BCUT2D eigenvalue weighted by molar-refractivity contribution is -0.150. The third-order valence-electron chi connectivity index (χ3n) is 3.37. The van der Waals surface area contributed by atoms with E-state index in [1.165, 1.54) is 4.90 Å². The fourth-order valence-electron chi connectivity index (χ4n) is 2.33. The molecule has 1 aliphatic rings. The van der Waals surface area contributed by atoms with Crippen molar-refractivity contribution in [1.82, 2.24) is 10.2 Å². The molecule has 1 N–H and O–H groups in total. The van der Waals surface area contributed by atoms with Crippen LogP contribution in [0.3, 0.4) is 0 Å². The minimum Gasteiger partial charge on any atom is -0.465 e. The summed E-state index contributed by atoms with van der Waals surface area (Å²) in [6.07, 6.45) is 0. The molecule has 0 aromatic rings. The van der Waals surface area contributed by atoms with Gasteiger partial charge < -0.3 is 24.4 Å². The van der Waals surface area contributed by atoms with Crippen LogP contribution in [0.5, 0.6) is 0 Å². The fraction of sp³-hybridized carbons (Fsp3) is 0.857. The van der Waals surface area contributed by atoms with Crippen LogP contribution in [0, 0.1) is 5.92 Å². The summed E-state index contributed by atoms with van der Waals surface area (Å²) in [5.41, 5.74) is 0. The van der Waals surface area contributed by atoms with Gasteiger partial charge in [-0.1, -0.05) is 6.92 Å². The number of nitrogens with one attached hydrogen (secondary N) is 1. The SMILES string of the molecule is CCNC1COCC1C(=O)N(CCOC)CC(=O)OCC. The van der Waals surface area contributed by atoms with Crippen molar-refractivity contribution in [2.24, 2.45) is 5.92 Å². The summed E-state index contributed by atoms with van der Waals surface area (Å²) in [5, 5.41) is 3.24. The molecule has 2 unspecified atom stereocenters. The van der Waals surface area contributed by atoms with E-state index in [-0.39, 0.29) is 24.4 Å². The Morgan fingerprint density at radius 2 is 2.10 bits per heavy atom. The first-order valence-electron chi connectivity index (χ1n) is 7.38. The first kappa shape index (κ1) is 17.9. The minimum atomic E-state index is -0.402. The van der Waals surface area contributed by atoms with Crippen LogP contribution >= 0.6 is 0 Å². The summed E-state index contributed by atoms with van der Waals surface area (Å²) >= 11 is 0. The summed E-state index contributed by atoms with van der Waals surface area (Å²) in [7, 11) is 1.56. The average molecular weight is 302 g/mol. The molecular weight excluding hydrogens is 276 g/mol. The van der Waals surface area contributed by atoms with Crippen molar-refractivity contribution in [3.8, 4) is 0 Å². The first-order chi connectivity index (χ1) is 10.1. The fourth-order valence-corrected chi connectivity index (χ4v) is 2.33. The Balaban J connectivity index is 2.66. The number of amides is 1. The van der Waals surface area contributed by atoms with Crippen LogP contribution in [0.25, 0.3) is 0 Å². The van der Waals surface area contributed by atoms with Gasteiger partial charge in [-0.3, -0.25) is 9.59 Å².